The Morgan fingerprint density at radius 3 is 2.80 bits per heavy atom. The van der Waals surface area contributed by atoms with E-state index in [1.807, 2.05) is 0 Å². The summed E-state index contributed by atoms with van der Waals surface area (Å²) in [7, 11) is 0. The lowest BCUT2D eigenvalue weighted by atomic mass is 9.95. The fraction of sp³-hybridized carbons (Fsp3) is 0.846. The van der Waals surface area contributed by atoms with Crippen LogP contribution in [0.4, 0.5) is 0 Å². The lowest BCUT2D eigenvalue weighted by Crippen LogP contribution is -2.38. The first-order chi connectivity index (χ1) is 7.42. The van der Waals surface area contributed by atoms with Crippen LogP contribution in [0.2, 0.25) is 0 Å². The first-order valence-electron chi connectivity index (χ1n) is 6.48. The Bertz CT molecular complexity index is 219. The SMILES string of the molecule is CCNC(C1=CCCCO1)C1CCCC1. The third-order valence-electron chi connectivity index (χ3n) is 3.56. The van der Waals surface area contributed by atoms with Crippen LogP contribution in [0.5, 0.6) is 0 Å². The van der Waals surface area contributed by atoms with Crippen molar-refractivity contribution >= 4 is 0 Å². The molecule has 0 aromatic heterocycles. The molecule has 1 aliphatic carbocycles. The summed E-state index contributed by atoms with van der Waals surface area (Å²) in [5.74, 6) is 2.05. The normalized spacial score (nSPS) is 24.7. The van der Waals surface area contributed by atoms with Gasteiger partial charge in [-0.05, 0) is 44.2 Å². The minimum absolute atomic E-state index is 0.498. The predicted octanol–water partition coefficient (Wildman–Crippen LogP) is 2.85. The van der Waals surface area contributed by atoms with Crippen LogP contribution < -0.4 is 5.32 Å². The minimum atomic E-state index is 0.498. The topological polar surface area (TPSA) is 21.3 Å². The number of likely N-dealkylation sites (N-methyl/N-ethyl adjacent to an activating group) is 1. The summed E-state index contributed by atoms with van der Waals surface area (Å²) in [6.45, 7) is 4.15. The third-order valence-corrected chi connectivity index (χ3v) is 3.56. The monoisotopic (exact) mass is 209 g/mol. The van der Waals surface area contributed by atoms with Crippen LogP contribution in [0.15, 0.2) is 11.8 Å². The maximum absolute atomic E-state index is 5.80. The van der Waals surface area contributed by atoms with Crippen molar-refractivity contribution in [2.75, 3.05) is 13.2 Å². The molecular weight excluding hydrogens is 186 g/mol. The summed E-state index contributed by atoms with van der Waals surface area (Å²) >= 11 is 0. The van der Waals surface area contributed by atoms with Crippen LogP contribution >= 0.6 is 0 Å². The van der Waals surface area contributed by atoms with E-state index in [-0.39, 0.29) is 0 Å². The van der Waals surface area contributed by atoms with Crippen LogP contribution in [0.3, 0.4) is 0 Å². The van der Waals surface area contributed by atoms with Gasteiger partial charge in [-0.2, -0.15) is 0 Å². The zero-order valence-corrected chi connectivity index (χ0v) is 9.80. The van der Waals surface area contributed by atoms with E-state index in [4.69, 9.17) is 4.74 Å². The molecule has 2 aliphatic rings. The molecular formula is C13H23NO. The van der Waals surface area contributed by atoms with Gasteiger partial charge in [0.1, 0.15) is 5.76 Å². The highest BCUT2D eigenvalue weighted by Crippen LogP contribution is 2.32. The highest BCUT2D eigenvalue weighted by molar-refractivity contribution is 5.08. The Morgan fingerprint density at radius 2 is 2.20 bits per heavy atom. The van der Waals surface area contributed by atoms with E-state index in [9.17, 15) is 0 Å². The van der Waals surface area contributed by atoms with Crippen LogP contribution in [0, 0.1) is 5.92 Å². The van der Waals surface area contributed by atoms with Gasteiger partial charge in [0.25, 0.3) is 0 Å². The van der Waals surface area contributed by atoms with Gasteiger partial charge < -0.3 is 10.1 Å². The average molecular weight is 209 g/mol. The third kappa shape index (κ3) is 2.75. The van der Waals surface area contributed by atoms with E-state index >= 15 is 0 Å². The number of allylic oxidation sites excluding steroid dienone is 1. The largest absolute Gasteiger partial charge is 0.497 e. The van der Waals surface area contributed by atoms with Gasteiger partial charge in [0.2, 0.25) is 0 Å². The molecule has 0 aromatic carbocycles. The van der Waals surface area contributed by atoms with Gasteiger partial charge >= 0.3 is 0 Å². The Balaban J connectivity index is 2.00. The zero-order chi connectivity index (χ0) is 10.5. The molecule has 1 unspecified atom stereocenters. The van der Waals surface area contributed by atoms with Gasteiger partial charge in [0.15, 0.2) is 0 Å². The quantitative estimate of drug-likeness (QED) is 0.768. The highest BCUT2D eigenvalue weighted by Gasteiger charge is 2.28. The number of hydrogen-bond acceptors (Lipinski definition) is 2. The molecule has 1 atom stereocenters. The molecule has 86 valence electrons. The van der Waals surface area contributed by atoms with Gasteiger partial charge in [-0.3, -0.25) is 0 Å². The molecule has 15 heavy (non-hydrogen) atoms. The van der Waals surface area contributed by atoms with Gasteiger partial charge in [0.05, 0.1) is 12.6 Å². The maximum Gasteiger partial charge on any atom is 0.109 e. The molecule has 1 heterocycles. The van der Waals surface area contributed by atoms with Crippen molar-refractivity contribution in [3.8, 4) is 0 Å². The van der Waals surface area contributed by atoms with Crippen molar-refractivity contribution in [3.05, 3.63) is 11.8 Å². The molecule has 0 bridgehead atoms. The van der Waals surface area contributed by atoms with Crippen molar-refractivity contribution in [2.45, 2.75) is 51.5 Å². The number of hydrogen-bond donors (Lipinski definition) is 1. The standard InChI is InChI=1S/C13H23NO/c1-2-14-13(11-7-3-4-8-11)12-9-5-6-10-15-12/h9,11,13-14H,2-8,10H2,1H3. The van der Waals surface area contributed by atoms with Gasteiger partial charge in [-0.25, -0.2) is 0 Å². The van der Waals surface area contributed by atoms with E-state index < -0.39 is 0 Å². The van der Waals surface area contributed by atoms with E-state index in [0.717, 1.165) is 19.1 Å². The molecule has 0 aromatic rings. The lowest BCUT2D eigenvalue weighted by molar-refractivity contribution is 0.151. The Morgan fingerprint density at radius 1 is 1.40 bits per heavy atom. The molecule has 1 N–H and O–H groups in total. The summed E-state index contributed by atoms with van der Waals surface area (Å²) < 4.78 is 5.80. The van der Waals surface area contributed by atoms with E-state index in [1.165, 1.54) is 44.3 Å². The molecule has 0 saturated heterocycles. The summed E-state index contributed by atoms with van der Waals surface area (Å²) in [6.07, 6.45) is 10.2. The van der Waals surface area contributed by atoms with E-state index in [2.05, 4.69) is 18.3 Å². The summed E-state index contributed by atoms with van der Waals surface area (Å²) in [5.41, 5.74) is 0. The zero-order valence-electron chi connectivity index (χ0n) is 9.80. The minimum Gasteiger partial charge on any atom is -0.497 e. The smallest absolute Gasteiger partial charge is 0.109 e. The fourth-order valence-corrected chi connectivity index (χ4v) is 2.80. The Kier molecular flexibility index (Phi) is 4.07. The van der Waals surface area contributed by atoms with Crippen molar-refractivity contribution in [2.24, 2.45) is 5.92 Å². The molecule has 0 amide bonds. The van der Waals surface area contributed by atoms with Crippen molar-refractivity contribution < 1.29 is 4.74 Å². The second-order valence-corrected chi connectivity index (χ2v) is 4.68. The highest BCUT2D eigenvalue weighted by atomic mass is 16.5. The predicted molar refractivity (Wildman–Crippen MR) is 62.7 cm³/mol. The molecule has 1 aliphatic heterocycles. The van der Waals surface area contributed by atoms with E-state index in [0.29, 0.717) is 6.04 Å². The Hall–Kier alpha value is -0.500. The van der Waals surface area contributed by atoms with Crippen LogP contribution in [-0.4, -0.2) is 19.2 Å². The van der Waals surface area contributed by atoms with Crippen LogP contribution in [0.1, 0.15) is 45.4 Å². The molecule has 1 fully saturated rings. The van der Waals surface area contributed by atoms with Crippen molar-refractivity contribution in [1.29, 1.82) is 0 Å². The first-order valence-corrected chi connectivity index (χ1v) is 6.48. The molecule has 0 radical (unpaired) electrons. The number of rotatable bonds is 4. The summed E-state index contributed by atoms with van der Waals surface area (Å²) in [6, 6.07) is 0.498. The Labute approximate surface area is 93.1 Å². The van der Waals surface area contributed by atoms with Crippen LogP contribution in [-0.2, 0) is 4.74 Å². The fourth-order valence-electron chi connectivity index (χ4n) is 2.80. The van der Waals surface area contributed by atoms with E-state index in [1.54, 1.807) is 0 Å². The van der Waals surface area contributed by atoms with Gasteiger partial charge in [0, 0.05) is 0 Å². The van der Waals surface area contributed by atoms with Gasteiger partial charge in [-0.1, -0.05) is 19.8 Å². The molecule has 2 nitrogen and oxygen atoms in total. The first kappa shape index (κ1) is 11.0. The van der Waals surface area contributed by atoms with Crippen molar-refractivity contribution in [3.63, 3.8) is 0 Å². The maximum atomic E-state index is 5.80. The number of nitrogens with one attached hydrogen (secondary N) is 1. The molecule has 2 rings (SSSR count). The van der Waals surface area contributed by atoms with Crippen molar-refractivity contribution in [1.82, 2.24) is 5.32 Å². The molecule has 0 spiro atoms. The lowest BCUT2D eigenvalue weighted by Gasteiger charge is -2.28. The number of ether oxygens (including phenoxy) is 1. The van der Waals surface area contributed by atoms with Gasteiger partial charge in [-0.15, -0.1) is 0 Å². The summed E-state index contributed by atoms with van der Waals surface area (Å²) in [5, 5.41) is 3.60. The molecule has 2 heteroatoms. The average Bonchev–Trinajstić information content (AvgIpc) is 2.80. The molecule has 1 saturated carbocycles. The second-order valence-electron chi connectivity index (χ2n) is 4.68. The summed E-state index contributed by atoms with van der Waals surface area (Å²) in [4.78, 5) is 0. The van der Waals surface area contributed by atoms with Crippen LogP contribution in [0.25, 0.3) is 0 Å². The second kappa shape index (κ2) is 5.55.